The van der Waals surface area contributed by atoms with Gasteiger partial charge >= 0.3 is 6.18 Å². The van der Waals surface area contributed by atoms with E-state index >= 15 is 0 Å². The number of nitrogens with one attached hydrogen (secondary N) is 1. The minimum absolute atomic E-state index is 0.158. The molecule has 12 heteroatoms. The number of fused-ring (bicyclic) bond motifs is 1. The number of rotatable bonds is 5. The van der Waals surface area contributed by atoms with Crippen molar-refractivity contribution in [2.24, 2.45) is 5.92 Å². The molecule has 0 aliphatic carbocycles. The first-order valence-corrected chi connectivity index (χ1v) is 11.1. The molecule has 1 aromatic carbocycles. The van der Waals surface area contributed by atoms with Crippen molar-refractivity contribution < 1.29 is 31.5 Å². The lowest BCUT2D eigenvalue weighted by molar-refractivity contribution is -0.153. The molecule has 2 aromatic heterocycles. The fourth-order valence-electron chi connectivity index (χ4n) is 4.07. The van der Waals surface area contributed by atoms with Crippen LogP contribution in [0, 0.1) is 17.6 Å². The highest BCUT2D eigenvalue weighted by Crippen LogP contribution is 2.27. The van der Waals surface area contributed by atoms with Gasteiger partial charge in [0.1, 0.15) is 29.1 Å². The number of nitrogens with zero attached hydrogens (tertiary/aromatic N) is 3. The number of benzene rings is 1. The van der Waals surface area contributed by atoms with Crippen molar-refractivity contribution >= 4 is 28.7 Å². The van der Waals surface area contributed by atoms with E-state index in [1.165, 1.54) is 24.0 Å². The summed E-state index contributed by atoms with van der Waals surface area (Å²) < 4.78 is 68.9. The molecule has 36 heavy (non-hydrogen) atoms. The predicted molar refractivity (Wildman–Crippen MR) is 121 cm³/mol. The third-order valence-electron chi connectivity index (χ3n) is 6.11. The minimum atomic E-state index is -4.75. The molecule has 1 aliphatic rings. The first kappa shape index (κ1) is 25.3. The van der Waals surface area contributed by atoms with Crippen molar-refractivity contribution in [1.29, 1.82) is 0 Å². The number of alkyl halides is 3. The van der Waals surface area contributed by atoms with E-state index in [0.717, 1.165) is 22.9 Å². The minimum Gasteiger partial charge on any atom is -0.340 e. The van der Waals surface area contributed by atoms with Gasteiger partial charge in [-0.2, -0.15) is 13.2 Å². The van der Waals surface area contributed by atoms with E-state index < -0.39 is 47.2 Å². The Morgan fingerprint density at radius 2 is 1.92 bits per heavy atom. The lowest BCUT2D eigenvalue weighted by atomic mass is 10.1. The Labute approximate surface area is 201 Å². The van der Waals surface area contributed by atoms with E-state index in [9.17, 15) is 36.3 Å². The van der Waals surface area contributed by atoms with Crippen LogP contribution in [0.25, 0.3) is 16.7 Å². The number of pyridine rings is 2. The number of hydrogen-bond acceptors (Lipinski definition) is 4. The van der Waals surface area contributed by atoms with E-state index in [1.54, 1.807) is 12.2 Å². The van der Waals surface area contributed by atoms with Gasteiger partial charge in [0.2, 0.25) is 11.3 Å². The first-order chi connectivity index (χ1) is 16.9. The van der Waals surface area contributed by atoms with Crippen LogP contribution in [-0.4, -0.2) is 40.1 Å². The molecule has 1 N–H and O–H groups in total. The van der Waals surface area contributed by atoms with Crippen LogP contribution in [0.2, 0.25) is 0 Å². The fraction of sp³-hybridized carbons (Fsp3) is 0.333. The van der Waals surface area contributed by atoms with Gasteiger partial charge in [-0.05, 0) is 37.1 Å². The van der Waals surface area contributed by atoms with Crippen LogP contribution in [0.1, 0.15) is 37.0 Å². The highest BCUT2D eigenvalue weighted by Gasteiger charge is 2.40. The summed E-state index contributed by atoms with van der Waals surface area (Å²) in [6, 6.07) is 2.99. The van der Waals surface area contributed by atoms with E-state index in [2.05, 4.69) is 4.98 Å². The summed E-state index contributed by atoms with van der Waals surface area (Å²) in [5, 5.41) is 1.59. The fourth-order valence-corrected chi connectivity index (χ4v) is 4.07. The Balaban J connectivity index is 1.92. The Morgan fingerprint density at radius 3 is 2.50 bits per heavy atom. The molecule has 2 amide bonds. The van der Waals surface area contributed by atoms with Gasteiger partial charge in [0.15, 0.2) is 5.65 Å². The van der Waals surface area contributed by atoms with Crippen molar-refractivity contribution in [1.82, 2.24) is 14.9 Å². The van der Waals surface area contributed by atoms with Gasteiger partial charge in [0, 0.05) is 24.7 Å². The molecular weight excluding hydrogens is 487 g/mol. The van der Waals surface area contributed by atoms with Crippen molar-refractivity contribution in [2.45, 2.75) is 38.9 Å². The molecule has 1 fully saturated rings. The summed E-state index contributed by atoms with van der Waals surface area (Å²) in [6.45, 7) is 3.34. The van der Waals surface area contributed by atoms with Crippen molar-refractivity contribution in [3.63, 3.8) is 0 Å². The number of aromatic nitrogens is 2. The zero-order valence-electron chi connectivity index (χ0n) is 19.2. The monoisotopic (exact) mass is 508 g/mol. The molecule has 1 aliphatic heterocycles. The molecule has 3 heterocycles. The van der Waals surface area contributed by atoms with Gasteiger partial charge in [-0.15, -0.1) is 0 Å². The summed E-state index contributed by atoms with van der Waals surface area (Å²) in [6.07, 6.45) is -3.78. The SMILES string of the molecule is CC[C@@H](NC(=O)c1cn(-c2ccc(F)cc2F)c2nc(N3CCC(C)C3=O)ccc2c1=O)C(F)(F)F. The maximum Gasteiger partial charge on any atom is 0.408 e. The molecule has 1 saturated heterocycles. The molecule has 190 valence electrons. The number of hydrogen-bond donors (Lipinski definition) is 1. The topological polar surface area (TPSA) is 84.3 Å². The van der Waals surface area contributed by atoms with Gasteiger partial charge in [0.05, 0.1) is 11.1 Å². The third kappa shape index (κ3) is 4.54. The van der Waals surface area contributed by atoms with Crippen molar-refractivity contribution in [3.8, 4) is 5.69 Å². The van der Waals surface area contributed by atoms with Crippen LogP contribution in [0.15, 0.2) is 41.3 Å². The zero-order chi connectivity index (χ0) is 26.4. The molecule has 7 nitrogen and oxygen atoms in total. The predicted octanol–water partition coefficient (Wildman–Crippen LogP) is 4.11. The smallest absolute Gasteiger partial charge is 0.340 e. The largest absolute Gasteiger partial charge is 0.408 e. The summed E-state index contributed by atoms with van der Waals surface area (Å²) in [7, 11) is 0. The maximum atomic E-state index is 14.8. The molecule has 0 bridgehead atoms. The molecule has 0 radical (unpaired) electrons. The number of carbonyl (C=O) groups excluding carboxylic acids is 2. The van der Waals surface area contributed by atoms with Crippen LogP contribution < -0.4 is 15.6 Å². The van der Waals surface area contributed by atoms with E-state index in [1.807, 2.05) is 0 Å². The maximum absolute atomic E-state index is 14.8. The second-order valence-corrected chi connectivity index (χ2v) is 8.53. The Bertz CT molecular complexity index is 1420. The third-order valence-corrected chi connectivity index (χ3v) is 6.11. The molecule has 3 aromatic rings. The van der Waals surface area contributed by atoms with Crippen molar-refractivity contribution in [3.05, 3.63) is 63.9 Å². The molecule has 1 unspecified atom stereocenters. The highest BCUT2D eigenvalue weighted by molar-refractivity contribution is 5.99. The second kappa shape index (κ2) is 9.32. The van der Waals surface area contributed by atoms with Crippen LogP contribution in [0.3, 0.4) is 0 Å². The second-order valence-electron chi connectivity index (χ2n) is 8.53. The van der Waals surface area contributed by atoms with Crippen LogP contribution in [0.5, 0.6) is 0 Å². The zero-order valence-corrected chi connectivity index (χ0v) is 19.2. The Morgan fingerprint density at radius 1 is 1.19 bits per heavy atom. The average Bonchev–Trinajstić information content (AvgIpc) is 3.15. The molecule has 0 saturated carbocycles. The van der Waals surface area contributed by atoms with Crippen LogP contribution >= 0.6 is 0 Å². The Kier molecular flexibility index (Phi) is 6.54. The summed E-state index contributed by atoms with van der Waals surface area (Å²) in [5.74, 6) is -3.53. The molecule has 2 atom stereocenters. The lowest BCUT2D eigenvalue weighted by Crippen LogP contribution is -2.46. The number of anilines is 1. The average molecular weight is 508 g/mol. The summed E-state index contributed by atoms with van der Waals surface area (Å²) in [5.41, 5.74) is -2.08. The quantitative estimate of drug-likeness (QED) is 0.526. The number of amides is 2. The lowest BCUT2D eigenvalue weighted by Gasteiger charge is -2.21. The molecule has 0 spiro atoms. The molecular formula is C24H21F5N4O3. The Hall–Kier alpha value is -3.83. The van der Waals surface area contributed by atoms with Crippen LogP contribution in [-0.2, 0) is 4.79 Å². The van der Waals surface area contributed by atoms with Crippen molar-refractivity contribution in [2.75, 3.05) is 11.4 Å². The standard InChI is InChI=1S/C24H21F5N4O3/c1-3-18(24(27,28)29)30-22(35)15-11-33(17-6-4-13(25)10-16(17)26)21-14(20(15)34)5-7-19(31-21)32-9-8-12(2)23(32)36/h4-7,10-12,18H,3,8-9H2,1-2H3,(H,30,35)/t12?,18-/m1/s1. The van der Waals surface area contributed by atoms with Gasteiger partial charge < -0.3 is 5.32 Å². The van der Waals surface area contributed by atoms with E-state index in [-0.39, 0.29) is 34.4 Å². The van der Waals surface area contributed by atoms with Gasteiger partial charge in [-0.25, -0.2) is 13.8 Å². The molecule has 4 rings (SSSR count). The van der Waals surface area contributed by atoms with E-state index in [4.69, 9.17) is 0 Å². The summed E-state index contributed by atoms with van der Waals surface area (Å²) in [4.78, 5) is 44.1. The first-order valence-electron chi connectivity index (χ1n) is 11.1. The van der Waals surface area contributed by atoms with Gasteiger partial charge in [0.25, 0.3) is 5.91 Å². The summed E-state index contributed by atoms with van der Waals surface area (Å²) >= 11 is 0. The number of carbonyl (C=O) groups is 2. The highest BCUT2D eigenvalue weighted by atomic mass is 19.4. The van der Waals surface area contributed by atoms with Crippen LogP contribution in [0.4, 0.5) is 27.8 Å². The van der Waals surface area contributed by atoms with Gasteiger partial charge in [-0.3, -0.25) is 23.9 Å². The normalized spacial score (nSPS) is 17.0. The van der Waals surface area contributed by atoms with Gasteiger partial charge in [-0.1, -0.05) is 13.8 Å². The number of halogens is 5. The van der Waals surface area contributed by atoms with E-state index in [0.29, 0.717) is 19.0 Å².